The first-order valence-electron chi connectivity index (χ1n) is 5.60. The quantitative estimate of drug-likeness (QED) is 0.638. The Labute approximate surface area is 94.0 Å². The van der Waals surface area contributed by atoms with Gasteiger partial charge in [0.25, 0.3) is 0 Å². The lowest BCUT2D eigenvalue weighted by Crippen LogP contribution is -2.02. The van der Waals surface area contributed by atoms with E-state index in [-0.39, 0.29) is 0 Å². The maximum Gasteiger partial charge on any atom is 0.162 e. The Morgan fingerprint density at radius 1 is 0.800 bits per heavy atom. The number of rotatable bonds is 1. The zero-order valence-electron chi connectivity index (χ0n) is 8.78. The van der Waals surface area contributed by atoms with Crippen LogP contribution in [0.15, 0.2) is 47.4 Å². The molecule has 1 heterocycles. The van der Waals surface area contributed by atoms with E-state index in [1.54, 1.807) is 4.90 Å². The van der Waals surface area contributed by atoms with Gasteiger partial charge in [-0.15, -0.1) is 0 Å². The second-order valence-corrected chi connectivity index (χ2v) is 6.33. The van der Waals surface area contributed by atoms with Crippen LogP contribution in [0.1, 0.15) is 12.8 Å². The van der Waals surface area contributed by atoms with Crippen molar-refractivity contribution in [2.45, 2.75) is 17.7 Å². The fraction of sp³-hybridized carbons (Fsp3) is 0.286. The van der Waals surface area contributed by atoms with Crippen LogP contribution in [0.5, 0.6) is 0 Å². The van der Waals surface area contributed by atoms with E-state index >= 15 is 0 Å². The summed E-state index contributed by atoms with van der Waals surface area (Å²) in [6.45, 7) is 0. The fourth-order valence-electron chi connectivity index (χ4n) is 2.31. The van der Waals surface area contributed by atoms with Crippen molar-refractivity contribution in [2.24, 2.45) is 0 Å². The predicted molar refractivity (Wildman–Crippen MR) is 67.7 cm³/mol. The molecule has 0 spiro atoms. The summed E-state index contributed by atoms with van der Waals surface area (Å²) in [5.74, 6) is 2.83. The lowest BCUT2D eigenvalue weighted by molar-refractivity contribution is 0.949. The minimum atomic E-state index is 0.544. The van der Waals surface area contributed by atoms with Gasteiger partial charge >= 0.3 is 0 Å². The highest BCUT2D eigenvalue weighted by molar-refractivity contribution is 7.97. The molecule has 1 aliphatic heterocycles. The smallest absolute Gasteiger partial charge is 0.0622 e. The van der Waals surface area contributed by atoms with Crippen molar-refractivity contribution < 1.29 is 0 Å². The molecule has 1 fully saturated rings. The molecule has 0 nitrogen and oxygen atoms in total. The van der Waals surface area contributed by atoms with Gasteiger partial charge in [-0.3, -0.25) is 0 Å². The van der Waals surface area contributed by atoms with Crippen LogP contribution in [-0.2, 0) is 10.9 Å². The summed E-state index contributed by atoms with van der Waals surface area (Å²) in [5.41, 5.74) is 2.87. The van der Waals surface area contributed by atoms with Crippen molar-refractivity contribution in [3.63, 3.8) is 0 Å². The van der Waals surface area contributed by atoms with Crippen LogP contribution in [0.2, 0.25) is 0 Å². The van der Waals surface area contributed by atoms with Gasteiger partial charge in [0.1, 0.15) is 11.5 Å². The summed E-state index contributed by atoms with van der Waals surface area (Å²) in [6.07, 6.45) is 2.85. The van der Waals surface area contributed by atoms with Gasteiger partial charge in [0, 0.05) is 16.5 Å². The lowest BCUT2D eigenvalue weighted by Gasteiger charge is -1.99. The molecule has 15 heavy (non-hydrogen) atoms. The van der Waals surface area contributed by atoms with E-state index in [4.69, 9.17) is 0 Å². The second kappa shape index (κ2) is 3.90. The Bertz CT molecular complexity index is 429. The van der Waals surface area contributed by atoms with Crippen molar-refractivity contribution >= 4 is 10.9 Å². The Morgan fingerprint density at radius 3 is 2.47 bits per heavy atom. The molecule has 0 aromatic rings. The Morgan fingerprint density at radius 2 is 1.60 bits per heavy atom. The van der Waals surface area contributed by atoms with E-state index < -0.39 is 0 Å². The Balaban J connectivity index is 2.07. The fourth-order valence-corrected chi connectivity index (χ4v) is 4.82. The first-order chi connectivity index (χ1) is 7.45. The van der Waals surface area contributed by atoms with Crippen LogP contribution < -0.4 is 0 Å². The molecule has 3 rings (SSSR count). The molecule has 0 radical (unpaired) electrons. The van der Waals surface area contributed by atoms with E-state index in [1.165, 1.54) is 35.5 Å². The maximum absolute atomic E-state index is 2.35. The molecule has 1 saturated heterocycles. The molecule has 3 aliphatic rings. The second-order valence-electron chi connectivity index (χ2n) is 4.09. The highest BCUT2D eigenvalue weighted by Crippen LogP contribution is 2.34. The lowest BCUT2D eigenvalue weighted by atomic mass is 10.2. The highest BCUT2D eigenvalue weighted by atomic mass is 32.2. The predicted octanol–water partition coefficient (Wildman–Crippen LogP) is 3.56. The minimum Gasteiger partial charge on any atom is -0.0622 e. The molecule has 0 saturated carbocycles. The molecule has 0 bridgehead atoms. The van der Waals surface area contributed by atoms with Gasteiger partial charge in [-0.1, -0.05) is 24.3 Å². The molecule has 2 aliphatic carbocycles. The molecule has 0 amide bonds. The average molecular weight is 215 g/mol. The zero-order chi connectivity index (χ0) is 10.1. The van der Waals surface area contributed by atoms with Gasteiger partial charge in [0.2, 0.25) is 0 Å². The zero-order valence-corrected chi connectivity index (χ0v) is 9.59. The molecular weight excluding hydrogens is 200 g/mol. The van der Waals surface area contributed by atoms with Crippen molar-refractivity contribution in [3.05, 3.63) is 42.5 Å². The minimum absolute atomic E-state index is 0.544. The summed E-state index contributed by atoms with van der Waals surface area (Å²) >= 11 is 0. The van der Waals surface area contributed by atoms with Crippen LogP contribution in [0.4, 0.5) is 0 Å². The molecule has 1 heteroatoms. The molecule has 0 aromatic heterocycles. The summed E-state index contributed by atoms with van der Waals surface area (Å²) in [4.78, 5) is 1.61. The summed E-state index contributed by atoms with van der Waals surface area (Å²) < 4.78 is 0. The third-order valence-corrected chi connectivity index (χ3v) is 5.64. The maximum atomic E-state index is 2.35. The summed E-state index contributed by atoms with van der Waals surface area (Å²) in [5, 5.41) is 0. The van der Waals surface area contributed by atoms with E-state index in [1.807, 2.05) is 0 Å². The van der Waals surface area contributed by atoms with Crippen LogP contribution in [0.3, 0.4) is 0 Å². The average Bonchev–Trinajstić information content (AvgIpc) is 2.83. The monoisotopic (exact) mass is 215 g/mol. The van der Waals surface area contributed by atoms with E-state index in [0.717, 1.165) is 0 Å². The Hall–Kier alpha value is -0.950. The van der Waals surface area contributed by atoms with E-state index in [9.17, 15) is 0 Å². The third kappa shape index (κ3) is 1.65. The third-order valence-electron chi connectivity index (χ3n) is 3.09. The topological polar surface area (TPSA) is 0 Å². The van der Waals surface area contributed by atoms with Crippen LogP contribution in [0.25, 0.3) is 11.1 Å². The first kappa shape index (κ1) is 9.29. The SMILES string of the molecule is c1ccc2ccc([S+]3CCCC3)c-2cc1. The molecule has 0 aromatic carbocycles. The number of hydrogen-bond acceptors (Lipinski definition) is 0. The first-order valence-corrected chi connectivity index (χ1v) is 7.17. The van der Waals surface area contributed by atoms with E-state index in [0.29, 0.717) is 10.9 Å². The molecular formula is C14H15S+. The van der Waals surface area contributed by atoms with Crippen LogP contribution >= 0.6 is 0 Å². The van der Waals surface area contributed by atoms with Gasteiger partial charge in [-0.2, -0.15) is 0 Å². The van der Waals surface area contributed by atoms with Gasteiger partial charge in [-0.25, -0.2) is 0 Å². The number of hydrogen-bond donors (Lipinski definition) is 0. The molecule has 0 N–H and O–H groups in total. The van der Waals surface area contributed by atoms with Crippen molar-refractivity contribution in [2.75, 3.05) is 11.5 Å². The van der Waals surface area contributed by atoms with Gasteiger partial charge in [0.05, 0.1) is 0 Å². The van der Waals surface area contributed by atoms with Crippen molar-refractivity contribution in [3.8, 4) is 11.1 Å². The van der Waals surface area contributed by atoms with Crippen molar-refractivity contribution in [1.29, 1.82) is 0 Å². The Kier molecular flexibility index (Phi) is 2.41. The molecule has 0 unspecified atom stereocenters. The van der Waals surface area contributed by atoms with Gasteiger partial charge < -0.3 is 0 Å². The molecule has 0 atom stereocenters. The van der Waals surface area contributed by atoms with Gasteiger partial charge in [-0.05, 0) is 36.6 Å². The summed E-state index contributed by atoms with van der Waals surface area (Å²) in [6, 6.07) is 15.5. The summed E-state index contributed by atoms with van der Waals surface area (Å²) in [7, 11) is 0.544. The van der Waals surface area contributed by atoms with Crippen molar-refractivity contribution in [1.82, 2.24) is 0 Å². The largest absolute Gasteiger partial charge is 0.162 e. The number of fused-ring (bicyclic) bond motifs is 1. The normalized spacial score (nSPS) is 17.3. The molecule has 76 valence electrons. The highest BCUT2D eigenvalue weighted by Gasteiger charge is 2.30. The van der Waals surface area contributed by atoms with Crippen LogP contribution in [0, 0.1) is 0 Å². The van der Waals surface area contributed by atoms with E-state index in [2.05, 4.69) is 42.5 Å². The van der Waals surface area contributed by atoms with Gasteiger partial charge in [0.15, 0.2) is 4.90 Å². The standard InChI is InChI=1S/C14H15S/c1-2-6-12-8-9-14(13(12)7-3-1)15-10-4-5-11-15/h1-3,6-9H,4-5,10-11H2/q+1. The van der Waals surface area contributed by atoms with Crippen LogP contribution in [-0.4, -0.2) is 11.5 Å².